The standard InChI is InChI=1S/C5H15N2OP/c1-7(2,3)6-9(4,5)8/h1-5H3. The van der Waals surface area contributed by atoms with E-state index in [-0.39, 0.29) is 0 Å². The van der Waals surface area contributed by atoms with Gasteiger partial charge < -0.3 is 14.4 Å². The Morgan fingerprint density at radius 2 is 1.56 bits per heavy atom. The molecule has 56 valence electrons. The lowest BCUT2D eigenvalue weighted by Crippen LogP contribution is -2.27. The Labute approximate surface area is 57.0 Å². The summed E-state index contributed by atoms with van der Waals surface area (Å²) in [6.45, 7) is 3.33. The van der Waals surface area contributed by atoms with Gasteiger partial charge in [-0.1, -0.05) is 0 Å². The van der Waals surface area contributed by atoms with Gasteiger partial charge in [-0.15, -0.1) is 0 Å². The molecule has 0 aromatic rings. The Balaban J connectivity index is 3.90. The Morgan fingerprint density at radius 3 is 1.56 bits per heavy atom. The van der Waals surface area contributed by atoms with Crippen molar-refractivity contribution in [1.82, 2.24) is 0 Å². The van der Waals surface area contributed by atoms with Crippen molar-refractivity contribution in [2.24, 2.45) is 0 Å². The topological polar surface area (TPSA) is 31.2 Å². The normalized spacial score (nSPS) is 13.9. The van der Waals surface area contributed by atoms with Crippen LogP contribution in [0, 0.1) is 0 Å². The fourth-order valence-corrected chi connectivity index (χ4v) is 1.94. The van der Waals surface area contributed by atoms with Gasteiger partial charge >= 0.3 is 0 Å². The molecule has 0 aromatic heterocycles. The summed E-state index contributed by atoms with van der Waals surface area (Å²) < 4.78 is 11.5. The lowest BCUT2D eigenvalue weighted by molar-refractivity contribution is -0.825. The van der Waals surface area contributed by atoms with Crippen LogP contribution in [0.1, 0.15) is 0 Å². The first-order valence-corrected chi connectivity index (χ1v) is 5.37. The lowest BCUT2D eigenvalue weighted by Gasteiger charge is -2.40. The van der Waals surface area contributed by atoms with Crippen LogP contribution in [-0.2, 0) is 4.57 Å². The molecular weight excluding hydrogens is 135 g/mol. The van der Waals surface area contributed by atoms with Crippen molar-refractivity contribution in [3.8, 4) is 0 Å². The van der Waals surface area contributed by atoms with Crippen molar-refractivity contribution < 1.29 is 9.16 Å². The zero-order chi connectivity index (χ0) is 7.71. The number of hydrogen-bond donors (Lipinski definition) is 0. The molecule has 0 aliphatic heterocycles. The molecule has 0 radical (unpaired) electrons. The highest BCUT2D eigenvalue weighted by Gasteiger charge is 2.02. The second-order valence-corrected chi connectivity index (χ2v) is 6.09. The van der Waals surface area contributed by atoms with Crippen molar-refractivity contribution >= 4 is 7.29 Å². The first-order valence-electron chi connectivity index (χ1n) is 2.82. The maximum absolute atomic E-state index is 11.0. The molecule has 0 amide bonds. The van der Waals surface area contributed by atoms with Crippen LogP contribution in [0.4, 0.5) is 0 Å². The Bertz CT molecular complexity index is 132. The molecule has 0 unspecified atom stereocenters. The molecule has 9 heavy (non-hydrogen) atoms. The van der Waals surface area contributed by atoms with Crippen LogP contribution < -0.4 is 0 Å². The van der Waals surface area contributed by atoms with E-state index in [0.717, 1.165) is 0 Å². The van der Waals surface area contributed by atoms with Gasteiger partial charge in [-0.2, -0.15) is 0 Å². The molecule has 0 aromatic carbocycles. The van der Waals surface area contributed by atoms with E-state index in [1.54, 1.807) is 13.3 Å². The third kappa shape index (κ3) is 8.15. The first kappa shape index (κ1) is 9.15. The van der Waals surface area contributed by atoms with Crippen LogP contribution in [-0.4, -0.2) is 39.1 Å². The SMILES string of the molecule is C[N+](C)(C)[N-]P(C)(C)=O. The summed E-state index contributed by atoms with van der Waals surface area (Å²) in [6, 6.07) is 0. The van der Waals surface area contributed by atoms with Crippen molar-refractivity contribution in [1.29, 1.82) is 0 Å². The Hall–Kier alpha value is 0.150. The fraction of sp³-hybridized carbons (Fsp3) is 1.00. The third-order valence-electron chi connectivity index (χ3n) is 0.484. The molecule has 0 aliphatic carbocycles. The van der Waals surface area contributed by atoms with E-state index in [1.165, 1.54) is 0 Å². The third-order valence-corrected chi connectivity index (χ3v) is 1.45. The van der Waals surface area contributed by atoms with E-state index >= 15 is 0 Å². The molecule has 4 heteroatoms. The molecule has 0 N–H and O–H groups in total. The number of quaternary nitrogens is 1. The van der Waals surface area contributed by atoms with Crippen molar-refractivity contribution in [2.75, 3.05) is 34.5 Å². The molecule has 0 spiro atoms. The zero-order valence-electron chi connectivity index (χ0n) is 6.75. The molecular formula is C5H15N2OP. The zero-order valence-corrected chi connectivity index (χ0v) is 7.64. The molecule has 0 bridgehead atoms. The highest BCUT2D eigenvalue weighted by atomic mass is 31.2. The van der Waals surface area contributed by atoms with Gasteiger partial charge in [0, 0.05) is 7.29 Å². The van der Waals surface area contributed by atoms with E-state index in [9.17, 15) is 4.57 Å². The number of rotatable bonds is 2. The summed E-state index contributed by atoms with van der Waals surface area (Å²) >= 11 is 0. The molecule has 0 aliphatic rings. The smallest absolute Gasteiger partial charge is 0.0591 e. The minimum absolute atomic E-state index is 0.421. The maximum atomic E-state index is 11.0. The summed E-state index contributed by atoms with van der Waals surface area (Å²) in [4.78, 5) is 0. The highest BCUT2D eigenvalue weighted by molar-refractivity contribution is 7.64. The summed E-state index contributed by atoms with van der Waals surface area (Å²) in [5, 5.41) is 4.03. The highest BCUT2D eigenvalue weighted by Crippen LogP contribution is 2.45. The van der Waals surface area contributed by atoms with Crippen molar-refractivity contribution in [3.05, 3.63) is 5.20 Å². The molecule has 0 fully saturated rings. The lowest BCUT2D eigenvalue weighted by atomic mass is 10.9. The van der Waals surface area contributed by atoms with Gasteiger partial charge in [0.25, 0.3) is 0 Å². The van der Waals surface area contributed by atoms with E-state index in [4.69, 9.17) is 0 Å². The molecule has 0 saturated carbocycles. The molecule has 0 atom stereocenters. The van der Waals surface area contributed by atoms with E-state index in [1.807, 2.05) is 21.1 Å². The average molecular weight is 150 g/mol. The van der Waals surface area contributed by atoms with Gasteiger partial charge in [0.05, 0.1) is 21.1 Å². The number of nitrogens with zero attached hydrogens (tertiary/aromatic N) is 2. The predicted octanol–water partition coefficient (Wildman–Crippen LogP) is 1.52. The van der Waals surface area contributed by atoms with Gasteiger partial charge in [0.1, 0.15) is 0 Å². The molecule has 0 heterocycles. The van der Waals surface area contributed by atoms with Gasteiger partial charge in [-0.25, -0.2) is 0 Å². The minimum atomic E-state index is -2.19. The monoisotopic (exact) mass is 150 g/mol. The van der Waals surface area contributed by atoms with E-state index in [0.29, 0.717) is 4.59 Å². The minimum Gasteiger partial charge on any atom is -0.394 e. The Morgan fingerprint density at radius 1 is 1.22 bits per heavy atom. The second kappa shape index (κ2) is 2.41. The number of hydrogen-bond acceptors (Lipinski definition) is 1. The quantitative estimate of drug-likeness (QED) is 0.333. The van der Waals surface area contributed by atoms with Gasteiger partial charge in [-0.05, 0) is 13.3 Å². The van der Waals surface area contributed by atoms with Crippen LogP contribution in [0.5, 0.6) is 0 Å². The van der Waals surface area contributed by atoms with E-state index < -0.39 is 7.29 Å². The van der Waals surface area contributed by atoms with Crippen LogP contribution >= 0.6 is 7.29 Å². The summed E-state index contributed by atoms with van der Waals surface area (Å²) in [5.41, 5.74) is 0. The maximum Gasteiger partial charge on any atom is 0.0591 e. The van der Waals surface area contributed by atoms with Crippen LogP contribution in [0.3, 0.4) is 0 Å². The summed E-state index contributed by atoms with van der Waals surface area (Å²) in [5.74, 6) is 0. The average Bonchev–Trinajstić information content (AvgIpc) is 1.14. The van der Waals surface area contributed by atoms with Crippen molar-refractivity contribution in [2.45, 2.75) is 0 Å². The largest absolute Gasteiger partial charge is 0.394 e. The second-order valence-electron chi connectivity index (χ2n) is 3.33. The van der Waals surface area contributed by atoms with Gasteiger partial charge in [0.2, 0.25) is 0 Å². The van der Waals surface area contributed by atoms with Crippen LogP contribution in [0.2, 0.25) is 0 Å². The molecule has 0 rings (SSSR count). The first-order chi connectivity index (χ1) is 3.71. The predicted molar refractivity (Wildman–Crippen MR) is 40.8 cm³/mol. The summed E-state index contributed by atoms with van der Waals surface area (Å²) in [7, 11) is 3.48. The molecule has 0 saturated heterocycles. The van der Waals surface area contributed by atoms with E-state index in [2.05, 4.69) is 5.20 Å². The Kier molecular flexibility index (Phi) is 2.45. The fourth-order valence-electron chi connectivity index (χ4n) is 0.646. The van der Waals surface area contributed by atoms with Gasteiger partial charge in [-0.3, -0.25) is 0 Å². The van der Waals surface area contributed by atoms with Gasteiger partial charge in [0.15, 0.2) is 0 Å². The van der Waals surface area contributed by atoms with Crippen LogP contribution in [0.15, 0.2) is 0 Å². The van der Waals surface area contributed by atoms with Crippen LogP contribution in [0.25, 0.3) is 5.20 Å². The molecule has 3 nitrogen and oxygen atoms in total. The van der Waals surface area contributed by atoms with Crippen molar-refractivity contribution in [3.63, 3.8) is 0 Å². The summed E-state index contributed by atoms with van der Waals surface area (Å²) in [6.07, 6.45) is 0.